The maximum Gasteiger partial charge on any atom is 0.188 e. The Labute approximate surface area is 89.4 Å². The summed E-state index contributed by atoms with van der Waals surface area (Å²) >= 11 is 0. The largest absolute Gasteiger partial charge is 0.370 e. The van der Waals surface area contributed by atoms with Gasteiger partial charge in [-0.2, -0.15) is 5.10 Å². The molecule has 0 atom stereocenters. The molecular formula is C9H18N6. The van der Waals surface area contributed by atoms with Crippen molar-refractivity contribution >= 4 is 5.96 Å². The van der Waals surface area contributed by atoms with Crippen molar-refractivity contribution in [1.29, 1.82) is 0 Å². The molecule has 0 bridgehead atoms. The number of aromatic nitrogens is 3. The number of aromatic amines is 1. The molecule has 0 aliphatic rings. The molecule has 1 aromatic rings. The van der Waals surface area contributed by atoms with E-state index in [-0.39, 0.29) is 0 Å². The minimum Gasteiger partial charge on any atom is -0.370 e. The minimum absolute atomic E-state index is 0.322. The quantitative estimate of drug-likeness (QED) is 0.364. The van der Waals surface area contributed by atoms with Gasteiger partial charge < -0.3 is 11.1 Å². The van der Waals surface area contributed by atoms with Crippen molar-refractivity contribution in [3.8, 4) is 0 Å². The van der Waals surface area contributed by atoms with Crippen molar-refractivity contribution in [2.24, 2.45) is 10.7 Å². The Morgan fingerprint density at radius 3 is 3.07 bits per heavy atom. The lowest BCUT2D eigenvalue weighted by Crippen LogP contribution is -2.36. The van der Waals surface area contributed by atoms with E-state index in [0.717, 1.165) is 18.7 Å². The second-order valence-electron chi connectivity index (χ2n) is 3.60. The monoisotopic (exact) mass is 210 g/mol. The third kappa shape index (κ3) is 4.99. The summed E-state index contributed by atoms with van der Waals surface area (Å²) in [5.74, 6) is 1.39. The number of nitrogens with zero attached hydrogens (tertiary/aromatic N) is 3. The van der Waals surface area contributed by atoms with Crippen LogP contribution in [-0.2, 0) is 6.42 Å². The van der Waals surface area contributed by atoms with Crippen LogP contribution in [0, 0.1) is 0 Å². The van der Waals surface area contributed by atoms with Gasteiger partial charge in [-0.1, -0.05) is 0 Å². The SMILES string of the molecule is CC(C)NC(N)=NCCCc1ncn[nH]1. The maximum atomic E-state index is 5.64. The molecule has 0 amide bonds. The molecule has 15 heavy (non-hydrogen) atoms. The van der Waals surface area contributed by atoms with Crippen LogP contribution in [0.4, 0.5) is 0 Å². The van der Waals surface area contributed by atoms with Gasteiger partial charge in [0, 0.05) is 19.0 Å². The maximum absolute atomic E-state index is 5.64. The number of aliphatic imine (C=N–C) groups is 1. The summed E-state index contributed by atoms with van der Waals surface area (Å²) in [5.41, 5.74) is 5.64. The molecule has 1 aromatic heterocycles. The van der Waals surface area contributed by atoms with Gasteiger partial charge in [-0.3, -0.25) is 10.1 Å². The summed E-state index contributed by atoms with van der Waals surface area (Å²) in [6, 6.07) is 0.322. The first kappa shape index (κ1) is 11.5. The summed E-state index contributed by atoms with van der Waals surface area (Å²) in [7, 11) is 0. The molecule has 0 saturated carbocycles. The highest BCUT2D eigenvalue weighted by molar-refractivity contribution is 5.77. The van der Waals surface area contributed by atoms with E-state index in [1.807, 2.05) is 13.8 Å². The molecule has 84 valence electrons. The first-order valence-electron chi connectivity index (χ1n) is 5.09. The summed E-state index contributed by atoms with van der Waals surface area (Å²) < 4.78 is 0. The van der Waals surface area contributed by atoms with Crippen LogP contribution in [0.5, 0.6) is 0 Å². The third-order valence-corrected chi connectivity index (χ3v) is 1.76. The summed E-state index contributed by atoms with van der Waals surface area (Å²) in [4.78, 5) is 8.20. The van der Waals surface area contributed by atoms with E-state index in [0.29, 0.717) is 18.5 Å². The number of aryl methyl sites for hydroxylation is 1. The normalized spacial score (nSPS) is 12.1. The van der Waals surface area contributed by atoms with Crippen LogP contribution in [-0.4, -0.2) is 33.7 Å². The zero-order valence-corrected chi connectivity index (χ0v) is 9.20. The number of guanidine groups is 1. The fraction of sp³-hybridized carbons (Fsp3) is 0.667. The van der Waals surface area contributed by atoms with Gasteiger partial charge in [-0.25, -0.2) is 4.98 Å². The average Bonchev–Trinajstić information content (AvgIpc) is 2.63. The molecule has 0 radical (unpaired) electrons. The molecule has 0 aliphatic carbocycles. The van der Waals surface area contributed by atoms with Gasteiger partial charge in [-0.05, 0) is 20.3 Å². The topological polar surface area (TPSA) is 92.0 Å². The van der Waals surface area contributed by atoms with Crippen LogP contribution in [0.15, 0.2) is 11.3 Å². The Balaban J connectivity index is 2.15. The highest BCUT2D eigenvalue weighted by atomic mass is 15.2. The molecule has 1 heterocycles. The van der Waals surface area contributed by atoms with Crippen molar-refractivity contribution in [2.45, 2.75) is 32.7 Å². The van der Waals surface area contributed by atoms with Crippen molar-refractivity contribution in [1.82, 2.24) is 20.5 Å². The van der Waals surface area contributed by atoms with Crippen LogP contribution in [0.3, 0.4) is 0 Å². The Morgan fingerprint density at radius 2 is 2.47 bits per heavy atom. The minimum atomic E-state index is 0.322. The molecule has 0 fully saturated rings. The smallest absolute Gasteiger partial charge is 0.188 e. The Kier molecular flexibility index (Phi) is 4.59. The van der Waals surface area contributed by atoms with Crippen LogP contribution in [0.1, 0.15) is 26.1 Å². The number of nitrogens with two attached hydrogens (primary N) is 1. The average molecular weight is 210 g/mol. The van der Waals surface area contributed by atoms with Crippen LogP contribution < -0.4 is 11.1 Å². The number of hydrogen-bond donors (Lipinski definition) is 3. The Morgan fingerprint density at radius 1 is 1.67 bits per heavy atom. The molecule has 6 heteroatoms. The third-order valence-electron chi connectivity index (χ3n) is 1.76. The van der Waals surface area contributed by atoms with E-state index < -0.39 is 0 Å². The highest BCUT2D eigenvalue weighted by Gasteiger charge is 1.96. The van der Waals surface area contributed by atoms with E-state index in [1.165, 1.54) is 6.33 Å². The summed E-state index contributed by atoms with van der Waals surface area (Å²) in [6.45, 7) is 4.75. The molecule has 0 aromatic carbocycles. The van der Waals surface area contributed by atoms with Crippen molar-refractivity contribution < 1.29 is 0 Å². The number of hydrogen-bond acceptors (Lipinski definition) is 3. The summed E-state index contributed by atoms with van der Waals surface area (Å²) in [6.07, 6.45) is 3.27. The highest BCUT2D eigenvalue weighted by Crippen LogP contribution is 1.93. The second kappa shape index (κ2) is 6.00. The molecule has 4 N–H and O–H groups in total. The molecule has 6 nitrogen and oxygen atoms in total. The van der Waals surface area contributed by atoms with Gasteiger partial charge in [-0.15, -0.1) is 0 Å². The zero-order valence-electron chi connectivity index (χ0n) is 9.20. The van der Waals surface area contributed by atoms with Gasteiger partial charge in [0.25, 0.3) is 0 Å². The molecule has 0 unspecified atom stereocenters. The predicted molar refractivity (Wildman–Crippen MR) is 59.5 cm³/mol. The fourth-order valence-corrected chi connectivity index (χ4v) is 1.14. The van der Waals surface area contributed by atoms with Crippen molar-refractivity contribution in [3.05, 3.63) is 12.2 Å². The van der Waals surface area contributed by atoms with Gasteiger partial charge in [0.1, 0.15) is 12.2 Å². The molecular weight excluding hydrogens is 192 g/mol. The van der Waals surface area contributed by atoms with Crippen molar-refractivity contribution in [2.75, 3.05) is 6.54 Å². The fourth-order valence-electron chi connectivity index (χ4n) is 1.14. The van der Waals surface area contributed by atoms with E-state index in [1.54, 1.807) is 0 Å². The number of H-pyrrole nitrogens is 1. The molecule has 0 saturated heterocycles. The lowest BCUT2D eigenvalue weighted by molar-refractivity contribution is 0.717. The zero-order chi connectivity index (χ0) is 11.1. The number of nitrogens with one attached hydrogen (secondary N) is 2. The first-order chi connectivity index (χ1) is 7.18. The van der Waals surface area contributed by atoms with Gasteiger partial charge in [0.2, 0.25) is 0 Å². The lowest BCUT2D eigenvalue weighted by Gasteiger charge is -2.07. The van der Waals surface area contributed by atoms with E-state index in [2.05, 4.69) is 25.5 Å². The van der Waals surface area contributed by atoms with Crippen LogP contribution >= 0.6 is 0 Å². The Bertz CT molecular complexity index is 290. The van der Waals surface area contributed by atoms with Crippen LogP contribution in [0.25, 0.3) is 0 Å². The summed E-state index contributed by atoms with van der Waals surface area (Å²) in [5, 5.41) is 9.60. The molecule has 0 aliphatic heterocycles. The van der Waals surface area contributed by atoms with E-state index >= 15 is 0 Å². The predicted octanol–water partition coefficient (Wildman–Crippen LogP) is 0.0500. The van der Waals surface area contributed by atoms with Gasteiger partial charge >= 0.3 is 0 Å². The van der Waals surface area contributed by atoms with Gasteiger partial charge in [0.05, 0.1) is 0 Å². The second-order valence-corrected chi connectivity index (χ2v) is 3.60. The molecule has 1 rings (SSSR count). The lowest BCUT2D eigenvalue weighted by atomic mass is 10.3. The van der Waals surface area contributed by atoms with Crippen molar-refractivity contribution in [3.63, 3.8) is 0 Å². The van der Waals surface area contributed by atoms with E-state index in [9.17, 15) is 0 Å². The van der Waals surface area contributed by atoms with Gasteiger partial charge in [0.15, 0.2) is 5.96 Å². The first-order valence-corrected chi connectivity index (χ1v) is 5.09. The van der Waals surface area contributed by atoms with E-state index in [4.69, 9.17) is 5.73 Å². The van der Waals surface area contributed by atoms with Crippen LogP contribution in [0.2, 0.25) is 0 Å². The Hall–Kier alpha value is -1.59. The standard InChI is InChI=1S/C9H18N6/c1-7(2)14-9(10)11-5-3-4-8-12-6-13-15-8/h6-7H,3-5H2,1-2H3,(H3,10,11,14)(H,12,13,15). The molecule has 0 spiro atoms. The number of rotatable bonds is 5.